The molecule has 2 heterocycles. The van der Waals surface area contributed by atoms with Crippen molar-refractivity contribution >= 4 is 5.91 Å². The maximum atomic E-state index is 12.1. The first-order valence-corrected chi connectivity index (χ1v) is 7.41. The van der Waals surface area contributed by atoms with Crippen molar-refractivity contribution in [2.45, 2.75) is 57.9 Å². The fourth-order valence-corrected chi connectivity index (χ4v) is 3.31. The molecule has 0 saturated carbocycles. The van der Waals surface area contributed by atoms with Gasteiger partial charge in [0.2, 0.25) is 5.91 Å². The molecular formula is C14H27N3O2. The Hall–Kier alpha value is -0.650. The fraction of sp³-hybridized carbons (Fsp3) is 0.929. The zero-order valence-electron chi connectivity index (χ0n) is 12.3. The lowest BCUT2D eigenvalue weighted by atomic mass is 10.1. The van der Waals surface area contributed by atoms with Crippen molar-refractivity contribution in [1.82, 2.24) is 9.80 Å². The van der Waals surface area contributed by atoms with Crippen molar-refractivity contribution in [3.05, 3.63) is 0 Å². The van der Waals surface area contributed by atoms with Crippen LogP contribution in [0.3, 0.4) is 0 Å². The van der Waals surface area contributed by atoms with Gasteiger partial charge in [-0.05, 0) is 33.6 Å². The predicted molar refractivity (Wildman–Crippen MR) is 74.8 cm³/mol. The van der Waals surface area contributed by atoms with E-state index in [9.17, 15) is 4.79 Å². The summed E-state index contributed by atoms with van der Waals surface area (Å²) < 4.78 is 5.75. The zero-order chi connectivity index (χ0) is 14.0. The van der Waals surface area contributed by atoms with Crippen molar-refractivity contribution in [3.63, 3.8) is 0 Å². The van der Waals surface area contributed by atoms with E-state index in [4.69, 9.17) is 10.5 Å². The second kappa shape index (κ2) is 6.20. The highest BCUT2D eigenvalue weighted by Crippen LogP contribution is 2.21. The minimum atomic E-state index is -0.386. The van der Waals surface area contributed by atoms with Gasteiger partial charge in [0.1, 0.15) is 0 Å². The van der Waals surface area contributed by atoms with Crippen LogP contribution >= 0.6 is 0 Å². The molecule has 0 aromatic rings. The van der Waals surface area contributed by atoms with E-state index in [1.807, 2.05) is 4.90 Å². The Morgan fingerprint density at radius 3 is 2.58 bits per heavy atom. The summed E-state index contributed by atoms with van der Waals surface area (Å²) in [6.45, 7) is 9.74. The number of hydrogen-bond acceptors (Lipinski definition) is 4. The Bertz CT molecular complexity index is 312. The molecule has 2 saturated heterocycles. The van der Waals surface area contributed by atoms with Crippen LogP contribution in [0.4, 0.5) is 0 Å². The Balaban J connectivity index is 1.92. The molecule has 5 heteroatoms. The van der Waals surface area contributed by atoms with Gasteiger partial charge in [-0.1, -0.05) is 0 Å². The zero-order valence-corrected chi connectivity index (χ0v) is 12.3. The van der Waals surface area contributed by atoms with Gasteiger partial charge < -0.3 is 15.4 Å². The third-order valence-electron chi connectivity index (χ3n) is 4.01. The van der Waals surface area contributed by atoms with E-state index in [0.717, 1.165) is 39.0 Å². The van der Waals surface area contributed by atoms with E-state index in [1.54, 1.807) is 6.92 Å². The number of nitrogens with two attached hydrogens (primary N) is 1. The average Bonchev–Trinajstić information content (AvgIpc) is 2.74. The molecule has 2 rings (SSSR count). The smallest absolute Gasteiger partial charge is 0.239 e. The van der Waals surface area contributed by atoms with E-state index < -0.39 is 0 Å². The minimum absolute atomic E-state index is 0.0943. The first kappa shape index (κ1) is 14.8. The highest BCUT2D eigenvalue weighted by atomic mass is 16.5. The highest BCUT2D eigenvalue weighted by Gasteiger charge is 2.33. The van der Waals surface area contributed by atoms with Crippen LogP contribution in [0.15, 0.2) is 0 Å². The molecule has 2 aliphatic rings. The van der Waals surface area contributed by atoms with Gasteiger partial charge in [-0.15, -0.1) is 0 Å². The normalized spacial score (nSPS) is 34.5. The standard InChI is InChI=1S/C14H27N3O2/c1-10-7-16(8-11(2)19-10)9-13-5-4-6-17(13)14(18)12(3)15/h10-13H,4-9,15H2,1-3H3/t10-,11+,12-,13-/m1/s1. The first-order chi connectivity index (χ1) is 8.97. The molecule has 0 bridgehead atoms. The van der Waals surface area contributed by atoms with Crippen LogP contribution in [-0.4, -0.2) is 66.2 Å². The van der Waals surface area contributed by atoms with Gasteiger partial charge in [0.25, 0.3) is 0 Å². The van der Waals surface area contributed by atoms with E-state index in [0.29, 0.717) is 6.04 Å². The monoisotopic (exact) mass is 269 g/mol. The SMILES string of the molecule is C[C@@H]1CN(C[C@H]2CCCN2C(=O)[C@@H](C)N)C[C@H](C)O1. The Morgan fingerprint density at radius 2 is 2.00 bits per heavy atom. The molecule has 5 nitrogen and oxygen atoms in total. The molecule has 0 aliphatic carbocycles. The molecule has 0 aromatic carbocycles. The summed E-state index contributed by atoms with van der Waals surface area (Å²) in [4.78, 5) is 16.5. The van der Waals surface area contributed by atoms with Gasteiger partial charge in [-0.3, -0.25) is 9.69 Å². The van der Waals surface area contributed by atoms with E-state index in [1.165, 1.54) is 0 Å². The molecule has 0 radical (unpaired) electrons. The van der Waals surface area contributed by atoms with Gasteiger partial charge in [0, 0.05) is 32.2 Å². The van der Waals surface area contributed by atoms with Crippen LogP contribution in [-0.2, 0) is 9.53 Å². The van der Waals surface area contributed by atoms with Gasteiger partial charge in [0.15, 0.2) is 0 Å². The number of ether oxygens (including phenoxy) is 1. The van der Waals surface area contributed by atoms with Gasteiger partial charge in [-0.2, -0.15) is 0 Å². The summed E-state index contributed by atoms with van der Waals surface area (Å²) in [6, 6.07) is -0.0564. The van der Waals surface area contributed by atoms with Crippen LogP contribution in [0.1, 0.15) is 33.6 Å². The molecule has 0 unspecified atom stereocenters. The number of nitrogens with zero attached hydrogens (tertiary/aromatic N) is 2. The molecule has 2 aliphatic heterocycles. The van der Waals surface area contributed by atoms with E-state index >= 15 is 0 Å². The number of morpholine rings is 1. The van der Waals surface area contributed by atoms with Crippen molar-refractivity contribution in [3.8, 4) is 0 Å². The van der Waals surface area contributed by atoms with Crippen molar-refractivity contribution in [2.75, 3.05) is 26.2 Å². The summed E-state index contributed by atoms with van der Waals surface area (Å²) in [6.07, 6.45) is 2.75. The van der Waals surface area contributed by atoms with E-state index in [-0.39, 0.29) is 24.2 Å². The highest BCUT2D eigenvalue weighted by molar-refractivity contribution is 5.81. The molecule has 0 spiro atoms. The number of amides is 1. The van der Waals surface area contributed by atoms with Crippen LogP contribution in [0.5, 0.6) is 0 Å². The van der Waals surface area contributed by atoms with Crippen LogP contribution in [0.25, 0.3) is 0 Å². The second-order valence-electron chi connectivity index (χ2n) is 6.09. The summed E-state index contributed by atoms with van der Waals surface area (Å²) >= 11 is 0. The maximum absolute atomic E-state index is 12.1. The second-order valence-corrected chi connectivity index (χ2v) is 6.09. The molecule has 0 aromatic heterocycles. The Kier molecular flexibility index (Phi) is 4.81. The van der Waals surface area contributed by atoms with Gasteiger partial charge >= 0.3 is 0 Å². The topological polar surface area (TPSA) is 58.8 Å². The van der Waals surface area contributed by atoms with Gasteiger partial charge in [0.05, 0.1) is 18.2 Å². The minimum Gasteiger partial charge on any atom is -0.373 e. The number of rotatable bonds is 3. The average molecular weight is 269 g/mol. The molecular weight excluding hydrogens is 242 g/mol. The lowest BCUT2D eigenvalue weighted by Crippen LogP contribution is -2.52. The molecule has 2 fully saturated rings. The summed E-state index contributed by atoms with van der Waals surface area (Å²) in [5.74, 6) is 0.0943. The molecule has 19 heavy (non-hydrogen) atoms. The van der Waals surface area contributed by atoms with Crippen LogP contribution in [0.2, 0.25) is 0 Å². The summed E-state index contributed by atoms with van der Waals surface area (Å²) in [5.41, 5.74) is 5.73. The molecule has 2 N–H and O–H groups in total. The number of hydrogen-bond donors (Lipinski definition) is 1. The molecule has 1 amide bonds. The number of carbonyl (C=O) groups excluding carboxylic acids is 1. The lowest BCUT2D eigenvalue weighted by Gasteiger charge is -2.38. The summed E-state index contributed by atoms with van der Waals surface area (Å²) in [7, 11) is 0. The van der Waals surface area contributed by atoms with Crippen LogP contribution < -0.4 is 5.73 Å². The van der Waals surface area contributed by atoms with E-state index in [2.05, 4.69) is 18.7 Å². The van der Waals surface area contributed by atoms with Gasteiger partial charge in [-0.25, -0.2) is 0 Å². The number of carbonyl (C=O) groups is 1. The molecule has 110 valence electrons. The third kappa shape index (κ3) is 3.68. The third-order valence-corrected chi connectivity index (χ3v) is 4.01. The van der Waals surface area contributed by atoms with Crippen LogP contribution in [0, 0.1) is 0 Å². The largest absolute Gasteiger partial charge is 0.373 e. The first-order valence-electron chi connectivity index (χ1n) is 7.41. The number of likely N-dealkylation sites (tertiary alicyclic amines) is 1. The van der Waals surface area contributed by atoms with Crippen molar-refractivity contribution < 1.29 is 9.53 Å². The quantitative estimate of drug-likeness (QED) is 0.807. The Labute approximate surface area is 116 Å². The lowest BCUT2D eigenvalue weighted by molar-refractivity contribution is -0.134. The molecule has 4 atom stereocenters. The summed E-state index contributed by atoms with van der Waals surface area (Å²) in [5, 5.41) is 0. The fourth-order valence-electron chi connectivity index (χ4n) is 3.31. The van der Waals surface area contributed by atoms with Crippen molar-refractivity contribution in [1.29, 1.82) is 0 Å². The predicted octanol–water partition coefficient (Wildman–Crippen LogP) is 0.434. The maximum Gasteiger partial charge on any atom is 0.239 e. The van der Waals surface area contributed by atoms with Crippen molar-refractivity contribution in [2.24, 2.45) is 5.73 Å². The Morgan fingerprint density at radius 1 is 1.37 bits per heavy atom.